The highest BCUT2D eigenvalue weighted by molar-refractivity contribution is 7.99. The van der Waals surface area contributed by atoms with Gasteiger partial charge < -0.3 is 0 Å². The number of nitrogens with zero attached hydrogens (tertiary/aromatic N) is 2. The van der Waals surface area contributed by atoms with Crippen molar-refractivity contribution in [2.24, 2.45) is 0 Å². The molecule has 0 radical (unpaired) electrons. The summed E-state index contributed by atoms with van der Waals surface area (Å²) in [5.74, 6) is 0.757. The predicted octanol–water partition coefficient (Wildman–Crippen LogP) is 10.0. The number of rotatable bonds is 2. The van der Waals surface area contributed by atoms with E-state index in [4.69, 9.17) is 9.97 Å². The first-order chi connectivity index (χ1) is 21.3. The second-order valence-corrected chi connectivity index (χ2v) is 12.4. The molecule has 0 unspecified atom stereocenters. The molecule has 2 aliphatic carbocycles. The lowest BCUT2D eigenvalue weighted by atomic mass is 9.67. The van der Waals surface area contributed by atoms with Gasteiger partial charge in [0.2, 0.25) is 0 Å². The monoisotopic (exact) mass is 566 g/mol. The van der Waals surface area contributed by atoms with E-state index in [1.807, 2.05) is 11.8 Å². The molecule has 9 rings (SSSR count). The molecule has 0 amide bonds. The van der Waals surface area contributed by atoms with Crippen LogP contribution in [0.15, 0.2) is 155 Å². The van der Waals surface area contributed by atoms with Gasteiger partial charge in [0, 0.05) is 20.7 Å². The average molecular weight is 567 g/mol. The Morgan fingerprint density at radius 3 is 2.12 bits per heavy atom. The molecule has 202 valence electrons. The van der Waals surface area contributed by atoms with Crippen molar-refractivity contribution in [1.82, 2.24) is 9.97 Å². The van der Waals surface area contributed by atoms with Crippen LogP contribution in [0.4, 0.5) is 0 Å². The highest BCUT2D eigenvalue weighted by Crippen LogP contribution is 2.62. The molecule has 1 spiro atoms. The fraction of sp³-hybridized carbons (Fsp3) is 0.0500. The van der Waals surface area contributed by atoms with Crippen molar-refractivity contribution >= 4 is 28.2 Å². The van der Waals surface area contributed by atoms with E-state index in [-0.39, 0.29) is 0 Å². The Morgan fingerprint density at radius 2 is 1.28 bits per heavy atom. The molecule has 0 atom stereocenters. The average Bonchev–Trinajstić information content (AvgIpc) is 3.19. The van der Waals surface area contributed by atoms with Crippen molar-refractivity contribution in [1.29, 1.82) is 0 Å². The number of benzene rings is 5. The summed E-state index contributed by atoms with van der Waals surface area (Å²) in [7, 11) is 0. The number of allylic oxidation sites excluding steroid dienone is 6. The second kappa shape index (κ2) is 9.52. The Balaban J connectivity index is 1.34. The molecule has 5 aromatic carbocycles. The maximum absolute atomic E-state index is 5.28. The quantitative estimate of drug-likeness (QED) is 0.208. The number of hydrogen-bond donors (Lipinski definition) is 0. The van der Waals surface area contributed by atoms with Crippen LogP contribution in [0.5, 0.6) is 0 Å². The van der Waals surface area contributed by atoms with E-state index in [9.17, 15) is 0 Å². The molecule has 1 aromatic heterocycles. The first-order valence-corrected chi connectivity index (χ1v) is 15.6. The molecular weight excluding hydrogens is 541 g/mol. The molecule has 3 aliphatic rings. The van der Waals surface area contributed by atoms with E-state index in [0.29, 0.717) is 0 Å². The van der Waals surface area contributed by atoms with Crippen LogP contribution in [-0.4, -0.2) is 9.97 Å². The number of hydrogen-bond acceptors (Lipinski definition) is 3. The molecule has 0 saturated carbocycles. The SMILES string of the molecule is C1=CC=C(c2nc(-c3ccc4c(c3)C3(c5ccccc5Sc5ccccc53)c3ccccc3-4)nc3ccccc23)CC=C1. The van der Waals surface area contributed by atoms with Crippen LogP contribution in [0, 0.1) is 0 Å². The summed E-state index contributed by atoms with van der Waals surface area (Å²) >= 11 is 1.87. The fourth-order valence-electron chi connectivity index (χ4n) is 7.20. The zero-order valence-electron chi connectivity index (χ0n) is 23.4. The van der Waals surface area contributed by atoms with E-state index in [1.165, 1.54) is 48.7 Å². The van der Waals surface area contributed by atoms with Crippen LogP contribution in [0.3, 0.4) is 0 Å². The van der Waals surface area contributed by atoms with Crippen LogP contribution in [0.2, 0.25) is 0 Å². The van der Waals surface area contributed by atoms with Crippen LogP contribution in [-0.2, 0) is 5.41 Å². The first-order valence-electron chi connectivity index (χ1n) is 14.7. The van der Waals surface area contributed by atoms with E-state index in [0.717, 1.165) is 34.4 Å². The van der Waals surface area contributed by atoms with Crippen molar-refractivity contribution in [2.75, 3.05) is 0 Å². The van der Waals surface area contributed by atoms with E-state index >= 15 is 0 Å². The van der Waals surface area contributed by atoms with E-state index in [1.54, 1.807) is 0 Å². The highest BCUT2D eigenvalue weighted by Gasteiger charge is 2.50. The predicted molar refractivity (Wildman–Crippen MR) is 177 cm³/mol. The van der Waals surface area contributed by atoms with Gasteiger partial charge in [-0.25, -0.2) is 9.97 Å². The molecule has 43 heavy (non-hydrogen) atoms. The van der Waals surface area contributed by atoms with Gasteiger partial charge >= 0.3 is 0 Å². The van der Waals surface area contributed by atoms with Gasteiger partial charge in [-0.3, -0.25) is 0 Å². The van der Waals surface area contributed by atoms with Crippen molar-refractivity contribution in [3.05, 3.63) is 174 Å². The standard InChI is InChI=1S/C40H26N2S/c1-2-4-14-26(13-3-1)38-30-16-6-10-20-35(30)41-39(42-38)27-23-24-29-28-15-5-7-17-31(28)40(34(29)25-27)32-18-8-11-21-36(32)43-37-22-12-9-19-33(37)40/h1-13,15-25H,14H2. The maximum atomic E-state index is 5.28. The van der Waals surface area contributed by atoms with Gasteiger partial charge in [-0.1, -0.05) is 133 Å². The lowest BCUT2D eigenvalue weighted by molar-refractivity contribution is 0.722. The molecular formula is C40H26N2S. The summed E-state index contributed by atoms with van der Waals surface area (Å²) in [6.45, 7) is 0. The third-order valence-electron chi connectivity index (χ3n) is 9.01. The van der Waals surface area contributed by atoms with Gasteiger partial charge in [-0.15, -0.1) is 0 Å². The van der Waals surface area contributed by atoms with Crippen molar-refractivity contribution in [3.8, 4) is 22.5 Å². The minimum atomic E-state index is -0.417. The Kier molecular flexibility index (Phi) is 5.44. The highest BCUT2D eigenvalue weighted by atomic mass is 32.2. The molecule has 2 nitrogen and oxygen atoms in total. The molecule has 2 heterocycles. The third-order valence-corrected chi connectivity index (χ3v) is 10.2. The topological polar surface area (TPSA) is 25.8 Å². The zero-order valence-corrected chi connectivity index (χ0v) is 24.2. The second-order valence-electron chi connectivity index (χ2n) is 11.3. The van der Waals surface area contributed by atoms with Crippen molar-refractivity contribution < 1.29 is 0 Å². The Bertz CT molecular complexity index is 2160. The van der Waals surface area contributed by atoms with Crippen molar-refractivity contribution in [3.63, 3.8) is 0 Å². The van der Waals surface area contributed by atoms with Gasteiger partial charge in [-0.05, 0) is 69.6 Å². The molecule has 1 aliphatic heterocycles. The Labute approximate surface area is 255 Å². The summed E-state index contributed by atoms with van der Waals surface area (Å²) in [5, 5.41) is 1.08. The molecule has 6 aromatic rings. The van der Waals surface area contributed by atoms with E-state index in [2.05, 4.69) is 146 Å². The minimum absolute atomic E-state index is 0.417. The molecule has 0 fully saturated rings. The van der Waals surface area contributed by atoms with Crippen LogP contribution < -0.4 is 0 Å². The first kappa shape index (κ1) is 24.6. The largest absolute Gasteiger partial charge is 0.228 e. The summed E-state index contributed by atoms with van der Waals surface area (Å²) in [4.78, 5) is 13.0. The van der Waals surface area contributed by atoms with Gasteiger partial charge in [0.25, 0.3) is 0 Å². The van der Waals surface area contributed by atoms with E-state index < -0.39 is 5.41 Å². The normalized spacial score (nSPS) is 15.4. The Morgan fingerprint density at radius 1 is 0.581 bits per heavy atom. The van der Waals surface area contributed by atoms with Crippen LogP contribution >= 0.6 is 11.8 Å². The lowest BCUT2D eigenvalue weighted by Crippen LogP contribution is -2.31. The summed E-state index contributed by atoms with van der Waals surface area (Å²) in [5.41, 5.74) is 11.7. The van der Waals surface area contributed by atoms with Gasteiger partial charge in [-0.2, -0.15) is 0 Å². The summed E-state index contributed by atoms with van der Waals surface area (Å²) in [6, 6.07) is 42.0. The van der Waals surface area contributed by atoms with Gasteiger partial charge in [0.1, 0.15) is 0 Å². The molecule has 3 heteroatoms. The fourth-order valence-corrected chi connectivity index (χ4v) is 8.39. The number of para-hydroxylation sites is 1. The van der Waals surface area contributed by atoms with Crippen molar-refractivity contribution in [2.45, 2.75) is 21.6 Å². The molecule has 0 bridgehead atoms. The van der Waals surface area contributed by atoms with Crippen LogP contribution in [0.25, 0.3) is 39.0 Å². The minimum Gasteiger partial charge on any atom is -0.228 e. The molecule has 0 N–H and O–H groups in total. The maximum Gasteiger partial charge on any atom is 0.160 e. The Hall–Kier alpha value is -4.99. The third kappa shape index (κ3) is 3.55. The smallest absolute Gasteiger partial charge is 0.160 e. The zero-order chi connectivity index (χ0) is 28.4. The number of aromatic nitrogens is 2. The summed E-state index contributed by atoms with van der Waals surface area (Å²) < 4.78 is 0. The van der Waals surface area contributed by atoms with Crippen LogP contribution in [0.1, 0.15) is 34.4 Å². The molecule has 0 saturated heterocycles. The lowest BCUT2D eigenvalue weighted by Gasteiger charge is -2.39. The van der Waals surface area contributed by atoms with Gasteiger partial charge in [0.05, 0.1) is 16.6 Å². The van der Waals surface area contributed by atoms with Gasteiger partial charge in [0.15, 0.2) is 5.82 Å². The summed E-state index contributed by atoms with van der Waals surface area (Å²) in [6.07, 6.45) is 11.5. The number of fused-ring (bicyclic) bond motifs is 10.